The van der Waals surface area contributed by atoms with Gasteiger partial charge in [0, 0.05) is 92.2 Å². The molecule has 0 aliphatic heterocycles. The molecule has 6 aromatic heterocycles. The van der Waals surface area contributed by atoms with Crippen LogP contribution in [0, 0.1) is 25.5 Å². The van der Waals surface area contributed by atoms with E-state index < -0.39 is 36.8 Å². The largest absolute Gasteiger partial charge is 0.496 e. The van der Waals surface area contributed by atoms with Crippen molar-refractivity contribution < 1.29 is 37.2 Å². The number of alkyl halides is 2. The van der Waals surface area contributed by atoms with Crippen molar-refractivity contribution in [3.8, 4) is 33.8 Å². The Morgan fingerprint density at radius 1 is 0.629 bits per heavy atom. The molecule has 2 aliphatic rings. The number of halogens is 6. The van der Waals surface area contributed by atoms with Crippen molar-refractivity contribution in [1.29, 1.82) is 0 Å². The maximum Gasteiger partial charge on any atom is 0.142 e. The third-order valence-electron chi connectivity index (χ3n) is 14.2. The predicted molar refractivity (Wildman–Crippen MR) is 263 cm³/mol. The molecule has 2 fully saturated rings. The van der Waals surface area contributed by atoms with E-state index in [2.05, 4.69) is 30.1 Å². The van der Waals surface area contributed by atoms with Crippen LogP contribution in [-0.4, -0.2) is 89.5 Å². The molecule has 12 nitrogen and oxygen atoms in total. The number of benzene rings is 2. The van der Waals surface area contributed by atoms with E-state index in [1.807, 2.05) is 47.7 Å². The van der Waals surface area contributed by atoms with E-state index in [-0.39, 0.29) is 45.5 Å². The molecule has 18 heteroatoms. The summed E-state index contributed by atoms with van der Waals surface area (Å²) in [5, 5.41) is 30.1. The highest BCUT2D eigenvalue weighted by molar-refractivity contribution is 6.32. The first kappa shape index (κ1) is 49.1. The summed E-state index contributed by atoms with van der Waals surface area (Å²) in [5.74, 6) is -2.27. The van der Waals surface area contributed by atoms with Gasteiger partial charge in [-0.2, -0.15) is 10.2 Å². The summed E-state index contributed by atoms with van der Waals surface area (Å²) in [7, 11) is 2.90. The number of aliphatic hydroxyl groups excluding tert-OH is 2. The number of hydrogen-bond acceptors (Lipinski definition) is 8. The second-order valence-corrected chi connectivity index (χ2v) is 19.0. The van der Waals surface area contributed by atoms with E-state index >= 15 is 0 Å². The Morgan fingerprint density at radius 2 is 1.01 bits per heavy atom. The Labute approximate surface area is 412 Å². The Balaban J connectivity index is 0.000000174. The second-order valence-electron chi connectivity index (χ2n) is 18.2. The predicted octanol–water partition coefficient (Wildman–Crippen LogP) is 12.2. The molecule has 10 rings (SSSR count). The summed E-state index contributed by atoms with van der Waals surface area (Å²) >= 11 is 12.6. The van der Waals surface area contributed by atoms with Crippen LogP contribution in [0.25, 0.3) is 44.3 Å². The number of methoxy groups -OCH3 is 2. The van der Waals surface area contributed by atoms with Gasteiger partial charge in [-0.05, 0) is 113 Å². The van der Waals surface area contributed by atoms with Crippen molar-refractivity contribution in [2.75, 3.05) is 27.6 Å². The van der Waals surface area contributed by atoms with Gasteiger partial charge in [-0.25, -0.2) is 18.7 Å². The Bertz CT molecular complexity index is 2930. The zero-order valence-electron chi connectivity index (χ0n) is 39.1. The van der Waals surface area contributed by atoms with Crippen LogP contribution >= 0.6 is 23.2 Å². The number of fused-ring (bicyclic) bond motifs is 2. The normalized spacial score (nSPS) is 19.3. The Morgan fingerprint density at radius 3 is 1.37 bits per heavy atom. The minimum Gasteiger partial charge on any atom is -0.496 e. The molecule has 0 saturated heterocycles. The van der Waals surface area contributed by atoms with Crippen LogP contribution < -0.4 is 9.47 Å². The molecule has 0 unspecified atom stereocenters. The third kappa shape index (κ3) is 9.26. The van der Waals surface area contributed by atoms with Crippen LogP contribution in [0.5, 0.6) is 11.5 Å². The molecule has 0 spiro atoms. The highest BCUT2D eigenvalue weighted by Crippen LogP contribution is 2.44. The lowest BCUT2D eigenvalue weighted by Crippen LogP contribution is -2.22. The molecule has 368 valence electrons. The minimum atomic E-state index is -0.837. The van der Waals surface area contributed by atoms with E-state index in [9.17, 15) is 27.8 Å². The van der Waals surface area contributed by atoms with Crippen molar-refractivity contribution in [3.63, 3.8) is 0 Å². The number of hydrogen-bond donors (Lipinski definition) is 4. The van der Waals surface area contributed by atoms with Crippen molar-refractivity contribution in [1.82, 2.24) is 39.5 Å². The molecule has 2 saturated carbocycles. The zero-order chi connectivity index (χ0) is 49.4. The van der Waals surface area contributed by atoms with Crippen LogP contribution in [0.1, 0.15) is 109 Å². The van der Waals surface area contributed by atoms with Crippen molar-refractivity contribution in [2.24, 2.45) is 0 Å². The van der Waals surface area contributed by atoms with Crippen LogP contribution in [-0.2, 0) is 0 Å². The zero-order valence-corrected chi connectivity index (χ0v) is 40.6. The summed E-state index contributed by atoms with van der Waals surface area (Å²) in [6.45, 7) is 2.47. The lowest BCUT2D eigenvalue weighted by atomic mass is 9.91. The molecule has 70 heavy (non-hydrogen) atoms. The average Bonchev–Trinajstić information content (AvgIpc) is 4.18. The summed E-state index contributed by atoms with van der Waals surface area (Å²) < 4.78 is 72.4. The molecule has 0 amide bonds. The van der Waals surface area contributed by atoms with E-state index in [4.69, 9.17) is 32.7 Å². The van der Waals surface area contributed by atoms with Gasteiger partial charge in [-0.15, -0.1) is 0 Å². The van der Waals surface area contributed by atoms with Crippen LogP contribution in [0.2, 0.25) is 10.0 Å². The number of ether oxygens (including phenoxy) is 2. The lowest BCUT2D eigenvalue weighted by molar-refractivity contribution is 0.107. The van der Waals surface area contributed by atoms with Crippen LogP contribution in [0.4, 0.5) is 17.6 Å². The third-order valence-corrected chi connectivity index (χ3v) is 15.0. The molecule has 2 aliphatic carbocycles. The number of aromatic nitrogens is 8. The number of H-pyrrole nitrogens is 2. The SMILES string of the molecule is COc1ccc(F)c(Cl)c1[C@@H](CF)c1c[nH]c2ncc(-c3cnn(C4CCC(O)CC4)c3C)cc12.COc1ccc(F)c(Cl)c1[C@H](CF)c1c[nH]c2ncc(-c3cnn(C4CCC(O)CC4)c3C)cc12. The molecule has 0 radical (unpaired) electrons. The smallest absolute Gasteiger partial charge is 0.142 e. The topological polar surface area (TPSA) is 152 Å². The quantitative estimate of drug-likeness (QED) is 0.0883. The Hall–Kier alpha value is -5.94. The highest BCUT2D eigenvalue weighted by Gasteiger charge is 2.30. The fourth-order valence-electron chi connectivity index (χ4n) is 10.4. The maximum absolute atomic E-state index is 14.5. The molecular formula is C52H54Cl2F4N8O4. The molecule has 4 N–H and O–H groups in total. The monoisotopic (exact) mass is 1000 g/mol. The van der Waals surface area contributed by atoms with Gasteiger partial charge in [0.25, 0.3) is 0 Å². The Kier molecular flexibility index (Phi) is 14.6. The lowest BCUT2D eigenvalue weighted by Gasteiger charge is -2.26. The van der Waals surface area contributed by atoms with Crippen molar-refractivity contribution >= 4 is 45.3 Å². The van der Waals surface area contributed by atoms with Crippen LogP contribution in [0.15, 0.2) is 73.6 Å². The number of rotatable bonds is 12. The first-order valence-electron chi connectivity index (χ1n) is 23.4. The maximum atomic E-state index is 14.5. The summed E-state index contributed by atoms with van der Waals surface area (Å²) in [6, 6.07) is 9.75. The molecule has 6 heterocycles. The van der Waals surface area contributed by atoms with Gasteiger partial charge < -0.3 is 29.7 Å². The number of aliphatic hydroxyl groups is 2. The number of aromatic amines is 2. The number of nitrogens with zero attached hydrogens (tertiary/aromatic N) is 6. The summed E-state index contributed by atoms with van der Waals surface area (Å²) in [5.41, 5.74) is 8.59. The van der Waals surface area contributed by atoms with E-state index in [0.29, 0.717) is 33.9 Å². The van der Waals surface area contributed by atoms with Crippen molar-refractivity contribution in [3.05, 3.63) is 129 Å². The standard InChI is InChI=1S/2C26H27ClF2N4O2/c2*1-14-20(13-32-33(14)16-3-5-17(34)6-4-16)15-9-18-21(12-31-26(18)30-11-15)19(10-28)24-23(35-2)8-7-22(29)25(24)27/h2*7-9,11-13,16-17,19,34H,3-6,10H2,1-2H3,(H,30,31)/t2*16?,17?,19-/m10/s1. The van der Waals surface area contributed by atoms with Gasteiger partial charge in [-0.1, -0.05) is 23.2 Å². The number of pyridine rings is 2. The fourth-order valence-corrected chi connectivity index (χ4v) is 11.0. The van der Waals surface area contributed by atoms with Gasteiger partial charge in [0.1, 0.15) is 47.8 Å². The van der Waals surface area contributed by atoms with E-state index in [1.54, 1.807) is 24.8 Å². The average molecular weight is 1000 g/mol. The first-order chi connectivity index (χ1) is 33.8. The molecule has 0 bridgehead atoms. The summed E-state index contributed by atoms with van der Waals surface area (Å²) in [6.07, 6.45) is 16.8. The highest BCUT2D eigenvalue weighted by atomic mass is 35.5. The molecule has 2 aromatic carbocycles. The van der Waals surface area contributed by atoms with Crippen molar-refractivity contribution in [2.45, 2.75) is 101 Å². The molecule has 2 atom stereocenters. The number of nitrogens with one attached hydrogen (secondary N) is 2. The van der Waals surface area contributed by atoms with Crippen LogP contribution in [0.3, 0.4) is 0 Å². The summed E-state index contributed by atoms with van der Waals surface area (Å²) in [4.78, 5) is 15.3. The van der Waals surface area contributed by atoms with Gasteiger partial charge in [0.15, 0.2) is 0 Å². The molecular weight excluding hydrogens is 948 g/mol. The van der Waals surface area contributed by atoms with Gasteiger partial charge >= 0.3 is 0 Å². The van der Waals surface area contributed by atoms with Gasteiger partial charge in [0.2, 0.25) is 0 Å². The first-order valence-corrected chi connectivity index (χ1v) is 24.2. The van der Waals surface area contributed by atoms with E-state index in [0.717, 1.165) is 95.8 Å². The van der Waals surface area contributed by atoms with E-state index in [1.165, 1.54) is 38.5 Å². The minimum absolute atomic E-state index is 0.153. The fraction of sp³-hybridized carbons (Fsp3) is 0.385. The van der Waals surface area contributed by atoms with Gasteiger partial charge in [0.05, 0.1) is 61.0 Å². The molecule has 8 aromatic rings. The second kappa shape index (κ2) is 20.8. The van der Waals surface area contributed by atoms with Gasteiger partial charge in [-0.3, -0.25) is 18.1 Å².